The van der Waals surface area contributed by atoms with Crippen LogP contribution in [0.5, 0.6) is 0 Å². The first kappa shape index (κ1) is 16.3. The Morgan fingerprint density at radius 2 is 2.08 bits per heavy atom. The van der Waals surface area contributed by atoms with Gasteiger partial charge in [0.1, 0.15) is 6.10 Å². The van der Waals surface area contributed by atoms with E-state index in [1.807, 2.05) is 25.1 Å². The second-order valence-corrected chi connectivity index (χ2v) is 6.06. The van der Waals surface area contributed by atoms with Crippen LogP contribution in [0.3, 0.4) is 0 Å². The highest BCUT2D eigenvalue weighted by Crippen LogP contribution is 2.24. The Hall–Kier alpha value is -2.53. The van der Waals surface area contributed by atoms with Gasteiger partial charge in [-0.2, -0.15) is 0 Å². The fraction of sp³-hybridized carbons (Fsp3) is 0.222. The Morgan fingerprint density at radius 3 is 2.83 bits per heavy atom. The predicted molar refractivity (Wildman–Crippen MR) is 92.6 cm³/mol. The molecule has 2 aromatic carbocycles. The third kappa shape index (κ3) is 3.51. The molecule has 124 valence electrons. The van der Waals surface area contributed by atoms with Crippen molar-refractivity contribution in [2.75, 3.05) is 18.0 Å². The van der Waals surface area contributed by atoms with Gasteiger partial charge in [0.15, 0.2) is 0 Å². The minimum absolute atomic E-state index is 0.176. The molecule has 2 aromatic rings. The summed E-state index contributed by atoms with van der Waals surface area (Å²) in [6.45, 7) is 2.51. The molecule has 1 aliphatic rings. The topological polar surface area (TPSA) is 58.6 Å². The molecule has 5 nitrogen and oxygen atoms in total. The van der Waals surface area contributed by atoms with Crippen molar-refractivity contribution in [1.82, 2.24) is 5.32 Å². The molecule has 6 heteroatoms. The number of halogens is 1. The maximum absolute atomic E-state index is 12.2. The van der Waals surface area contributed by atoms with E-state index in [1.165, 1.54) is 4.90 Å². The van der Waals surface area contributed by atoms with Crippen molar-refractivity contribution in [2.24, 2.45) is 0 Å². The molecule has 1 aliphatic heterocycles. The van der Waals surface area contributed by atoms with Crippen LogP contribution < -0.4 is 10.2 Å². The fourth-order valence-corrected chi connectivity index (χ4v) is 2.80. The number of nitrogens with one attached hydrogen (secondary N) is 1. The first-order chi connectivity index (χ1) is 11.5. The number of hydrogen-bond donors (Lipinski definition) is 1. The van der Waals surface area contributed by atoms with E-state index >= 15 is 0 Å². The number of aryl methyl sites for hydroxylation is 1. The van der Waals surface area contributed by atoms with Gasteiger partial charge in [-0.15, -0.1) is 0 Å². The number of hydrogen-bond acceptors (Lipinski definition) is 3. The molecule has 1 fully saturated rings. The normalized spacial score (nSPS) is 16.8. The molecule has 0 aliphatic carbocycles. The highest BCUT2D eigenvalue weighted by atomic mass is 35.5. The zero-order valence-electron chi connectivity index (χ0n) is 13.2. The molecule has 0 spiro atoms. The molecular weight excluding hydrogens is 328 g/mol. The lowest BCUT2D eigenvalue weighted by molar-refractivity contribution is 0.0915. The van der Waals surface area contributed by atoms with Gasteiger partial charge in [-0.25, -0.2) is 4.79 Å². The summed E-state index contributed by atoms with van der Waals surface area (Å²) < 4.78 is 5.31. The Labute approximate surface area is 145 Å². The monoisotopic (exact) mass is 344 g/mol. The Balaban J connectivity index is 1.61. The minimum Gasteiger partial charge on any atom is -0.442 e. The fourth-order valence-electron chi connectivity index (χ4n) is 2.61. The van der Waals surface area contributed by atoms with E-state index in [-0.39, 0.29) is 12.5 Å². The SMILES string of the molecule is Cc1ccccc1C(=O)NCC1CN(c2cccc(Cl)c2)C(=O)O1. The molecule has 1 atom stereocenters. The summed E-state index contributed by atoms with van der Waals surface area (Å²) in [5.74, 6) is -0.176. The molecule has 1 heterocycles. The number of anilines is 1. The van der Waals surface area contributed by atoms with Crippen molar-refractivity contribution in [2.45, 2.75) is 13.0 Å². The lowest BCUT2D eigenvalue weighted by atomic mass is 10.1. The molecule has 1 unspecified atom stereocenters. The summed E-state index contributed by atoms with van der Waals surface area (Å²) in [5, 5.41) is 3.37. The quantitative estimate of drug-likeness (QED) is 0.924. The number of nitrogens with zero attached hydrogens (tertiary/aromatic N) is 1. The predicted octanol–water partition coefficient (Wildman–Crippen LogP) is 3.40. The minimum atomic E-state index is -0.438. The molecule has 2 amide bonds. The summed E-state index contributed by atoms with van der Waals surface area (Å²) in [7, 11) is 0. The second kappa shape index (κ2) is 6.93. The zero-order valence-corrected chi connectivity index (χ0v) is 13.9. The molecule has 24 heavy (non-hydrogen) atoms. The third-order valence-electron chi connectivity index (χ3n) is 3.87. The van der Waals surface area contributed by atoms with Gasteiger partial charge in [0.05, 0.1) is 13.1 Å². The van der Waals surface area contributed by atoms with E-state index in [1.54, 1.807) is 30.3 Å². The third-order valence-corrected chi connectivity index (χ3v) is 4.11. The average molecular weight is 345 g/mol. The smallest absolute Gasteiger partial charge is 0.414 e. The average Bonchev–Trinajstić information content (AvgIpc) is 2.94. The van der Waals surface area contributed by atoms with Crippen LogP contribution in [0.1, 0.15) is 15.9 Å². The van der Waals surface area contributed by atoms with Crippen molar-refractivity contribution in [3.63, 3.8) is 0 Å². The number of carbonyl (C=O) groups excluding carboxylic acids is 2. The second-order valence-electron chi connectivity index (χ2n) is 5.62. The number of rotatable bonds is 4. The van der Waals surface area contributed by atoms with E-state index < -0.39 is 12.2 Å². The first-order valence-electron chi connectivity index (χ1n) is 7.62. The Bertz CT molecular complexity index is 778. The molecule has 0 radical (unpaired) electrons. The Kier molecular flexibility index (Phi) is 4.71. The van der Waals surface area contributed by atoms with Crippen molar-refractivity contribution in [1.29, 1.82) is 0 Å². The molecular formula is C18H17ClN2O3. The number of ether oxygens (including phenoxy) is 1. The van der Waals surface area contributed by atoms with E-state index in [0.29, 0.717) is 22.8 Å². The van der Waals surface area contributed by atoms with Crippen LogP contribution >= 0.6 is 11.6 Å². The summed E-state index contributed by atoms with van der Waals surface area (Å²) in [5.41, 5.74) is 2.20. The molecule has 3 rings (SSSR count). The summed E-state index contributed by atoms with van der Waals surface area (Å²) in [4.78, 5) is 25.7. The van der Waals surface area contributed by atoms with Crippen LogP contribution in [0.2, 0.25) is 5.02 Å². The van der Waals surface area contributed by atoms with Gasteiger partial charge in [0, 0.05) is 16.3 Å². The first-order valence-corrected chi connectivity index (χ1v) is 8.00. The largest absolute Gasteiger partial charge is 0.442 e. The molecule has 1 N–H and O–H groups in total. The van der Waals surface area contributed by atoms with Crippen LogP contribution in [-0.4, -0.2) is 31.2 Å². The maximum atomic E-state index is 12.2. The summed E-state index contributed by atoms with van der Waals surface area (Å²) >= 11 is 5.96. The van der Waals surface area contributed by atoms with Gasteiger partial charge in [-0.3, -0.25) is 9.69 Å². The van der Waals surface area contributed by atoms with Crippen molar-refractivity contribution >= 4 is 29.3 Å². The van der Waals surface area contributed by atoms with Gasteiger partial charge in [0.25, 0.3) is 5.91 Å². The zero-order chi connectivity index (χ0) is 17.1. The van der Waals surface area contributed by atoms with E-state index in [2.05, 4.69) is 5.32 Å². The molecule has 0 saturated carbocycles. The number of cyclic esters (lactones) is 1. The van der Waals surface area contributed by atoms with E-state index in [0.717, 1.165) is 5.56 Å². The summed E-state index contributed by atoms with van der Waals surface area (Å²) in [6, 6.07) is 14.4. The van der Waals surface area contributed by atoms with Crippen LogP contribution in [0.4, 0.5) is 10.5 Å². The number of amides is 2. The summed E-state index contributed by atoms with van der Waals surface area (Å²) in [6.07, 6.45) is -0.836. The molecule has 0 aromatic heterocycles. The van der Waals surface area contributed by atoms with Gasteiger partial charge >= 0.3 is 6.09 Å². The van der Waals surface area contributed by atoms with E-state index in [4.69, 9.17) is 16.3 Å². The lowest BCUT2D eigenvalue weighted by Gasteiger charge is -2.13. The van der Waals surface area contributed by atoms with Crippen LogP contribution in [0.25, 0.3) is 0 Å². The number of benzene rings is 2. The molecule has 0 bridgehead atoms. The maximum Gasteiger partial charge on any atom is 0.414 e. The van der Waals surface area contributed by atoms with Gasteiger partial charge in [-0.05, 0) is 36.8 Å². The van der Waals surface area contributed by atoms with Crippen LogP contribution in [0, 0.1) is 6.92 Å². The van der Waals surface area contributed by atoms with Crippen molar-refractivity contribution in [3.8, 4) is 0 Å². The number of carbonyl (C=O) groups is 2. The highest BCUT2D eigenvalue weighted by molar-refractivity contribution is 6.30. The van der Waals surface area contributed by atoms with Crippen LogP contribution in [-0.2, 0) is 4.74 Å². The van der Waals surface area contributed by atoms with E-state index in [9.17, 15) is 9.59 Å². The van der Waals surface area contributed by atoms with Gasteiger partial charge < -0.3 is 10.1 Å². The Morgan fingerprint density at radius 1 is 1.29 bits per heavy atom. The van der Waals surface area contributed by atoms with Crippen molar-refractivity contribution in [3.05, 3.63) is 64.7 Å². The highest BCUT2D eigenvalue weighted by Gasteiger charge is 2.32. The molecule has 1 saturated heterocycles. The van der Waals surface area contributed by atoms with Gasteiger partial charge in [0.2, 0.25) is 0 Å². The van der Waals surface area contributed by atoms with Gasteiger partial charge in [-0.1, -0.05) is 35.9 Å². The van der Waals surface area contributed by atoms with Crippen LogP contribution in [0.15, 0.2) is 48.5 Å². The standard InChI is InChI=1S/C18H17ClN2O3/c1-12-5-2-3-8-16(12)17(22)20-10-15-11-21(18(23)24-15)14-7-4-6-13(19)9-14/h2-9,15H,10-11H2,1H3,(H,20,22). The van der Waals surface area contributed by atoms with Crippen molar-refractivity contribution < 1.29 is 14.3 Å². The lowest BCUT2D eigenvalue weighted by Crippen LogP contribution is -2.34.